The summed E-state index contributed by atoms with van der Waals surface area (Å²) in [5, 5.41) is 3.30. The summed E-state index contributed by atoms with van der Waals surface area (Å²) in [6.07, 6.45) is 7.97. The van der Waals surface area contributed by atoms with Gasteiger partial charge in [-0.15, -0.1) is 0 Å². The van der Waals surface area contributed by atoms with Crippen LogP contribution in [0.15, 0.2) is 35.0 Å². The third kappa shape index (κ3) is 3.95. The Hall–Kier alpha value is -2.41. The van der Waals surface area contributed by atoms with Crippen LogP contribution < -0.4 is 10.2 Å². The Labute approximate surface area is 177 Å². The van der Waals surface area contributed by atoms with Crippen molar-refractivity contribution in [1.29, 1.82) is 0 Å². The van der Waals surface area contributed by atoms with Crippen molar-refractivity contribution in [3.63, 3.8) is 0 Å². The van der Waals surface area contributed by atoms with E-state index in [1.165, 1.54) is 12.8 Å². The highest BCUT2D eigenvalue weighted by Crippen LogP contribution is 2.44. The molecule has 5 rings (SSSR count). The second kappa shape index (κ2) is 8.02. The molecular weight excluding hydrogens is 378 g/mol. The molecule has 0 unspecified atom stereocenters. The van der Waals surface area contributed by atoms with Crippen molar-refractivity contribution < 1.29 is 9.21 Å². The van der Waals surface area contributed by atoms with Gasteiger partial charge < -0.3 is 14.6 Å². The maximum Gasteiger partial charge on any atom is 0.228 e. The molecule has 4 heterocycles. The number of nitrogens with zero attached hydrogens (tertiary/aromatic N) is 4. The number of hydrogen-bond donors (Lipinski definition) is 1. The third-order valence-electron chi connectivity index (χ3n) is 6.98. The Balaban J connectivity index is 1.37. The lowest BCUT2D eigenvalue weighted by molar-refractivity contribution is -0.132. The Morgan fingerprint density at radius 2 is 2.10 bits per heavy atom. The van der Waals surface area contributed by atoms with Crippen molar-refractivity contribution in [3.8, 4) is 0 Å². The molecule has 30 heavy (non-hydrogen) atoms. The van der Waals surface area contributed by atoms with Crippen molar-refractivity contribution in [1.82, 2.24) is 20.2 Å². The molecule has 2 aromatic heterocycles. The van der Waals surface area contributed by atoms with Crippen LogP contribution >= 0.6 is 0 Å². The molecule has 1 aliphatic carbocycles. The van der Waals surface area contributed by atoms with Crippen LogP contribution in [0.2, 0.25) is 0 Å². The van der Waals surface area contributed by atoms with Crippen LogP contribution in [0.25, 0.3) is 0 Å². The van der Waals surface area contributed by atoms with E-state index in [4.69, 9.17) is 4.42 Å². The summed E-state index contributed by atoms with van der Waals surface area (Å²) in [5.74, 6) is 3.84. The maximum absolute atomic E-state index is 13.5. The molecule has 3 aliphatic rings. The van der Waals surface area contributed by atoms with Gasteiger partial charge in [0.15, 0.2) is 0 Å². The van der Waals surface area contributed by atoms with E-state index in [1.807, 2.05) is 19.1 Å². The fourth-order valence-electron chi connectivity index (χ4n) is 5.16. The number of anilines is 1. The quantitative estimate of drug-likeness (QED) is 0.791. The van der Waals surface area contributed by atoms with Gasteiger partial charge in [0.05, 0.1) is 12.0 Å². The van der Waals surface area contributed by atoms with Gasteiger partial charge in [-0.2, -0.15) is 0 Å². The van der Waals surface area contributed by atoms with Crippen LogP contribution in [0.1, 0.15) is 37.2 Å². The van der Waals surface area contributed by atoms with E-state index in [1.54, 1.807) is 12.4 Å². The SMILES string of the molecule is Cc1ccc(CN2CCC[C@]3(C(=O)NCC4CC4)CN(c4ncccn4)C[C@@H]3C2)o1. The molecule has 1 amide bonds. The number of rotatable bonds is 6. The Morgan fingerprint density at radius 3 is 2.83 bits per heavy atom. The van der Waals surface area contributed by atoms with Gasteiger partial charge in [0, 0.05) is 44.5 Å². The van der Waals surface area contributed by atoms with Crippen molar-refractivity contribution in [3.05, 3.63) is 42.1 Å². The maximum atomic E-state index is 13.5. The Kier molecular flexibility index (Phi) is 5.23. The number of furan rings is 1. The van der Waals surface area contributed by atoms with Gasteiger partial charge in [0.25, 0.3) is 0 Å². The number of likely N-dealkylation sites (tertiary alicyclic amines) is 1. The first kappa shape index (κ1) is 19.5. The van der Waals surface area contributed by atoms with E-state index in [0.717, 1.165) is 63.0 Å². The van der Waals surface area contributed by atoms with E-state index in [0.29, 0.717) is 12.5 Å². The third-order valence-corrected chi connectivity index (χ3v) is 6.98. The van der Waals surface area contributed by atoms with Crippen LogP contribution in [0.3, 0.4) is 0 Å². The average molecular weight is 410 g/mol. The molecule has 1 N–H and O–H groups in total. The number of carbonyl (C=O) groups excluding carboxylic acids is 1. The summed E-state index contributed by atoms with van der Waals surface area (Å²) < 4.78 is 5.82. The summed E-state index contributed by atoms with van der Waals surface area (Å²) in [6, 6.07) is 5.92. The molecular formula is C23H31N5O2. The molecule has 2 atom stereocenters. The molecule has 0 aromatic carbocycles. The van der Waals surface area contributed by atoms with Gasteiger partial charge in [-0.05, 0) is 63.3 Å². The zero-order chi connectivity index (χ0) is 20.6. The van der Waals surface area contributed by atoms with Gasteiger partial charge in [-0.3, -0.25) is 9.69 Å². The Morgan fingerprint density at radius 1 is 1.27 bits per heavy atom. The van der Waals surface area contributed by atoms with E-state index < -0.39 is 0 Å². The van der Waals surface area contributed by atoms with E-state index >= 15 is 0 Å². The summed E-state index contributed by atoms with van der Waals surface area (Å²) in [7, 11) is 0. The van der Waals surface area contributed by atoms with Gasteiger partial charge >= 0.3 is 0 Å². The molecule has 2 aliphatic heterocycles. The van der Waals surface area contributed by atoms with Crippen LogP contribution in [-0.4, -0.2) is 53.5 Å². The fraction of sp³-hybridized carbons (Fsp3) is 0.609. The standard InChI is InChI=1S/C23H31N5O2/c1-17-4-7-20(30-17)15-27-11-2-8-23(21(29)26-12-18-5-6-18)16-28(14-19(23)13-27)22-24-9-3-10-25-22/h3-4,7,9-10,18-19H,2,5-6,8,11-16H2,1H3,(H,26,29)/t19-,23-/m0/s1. The zero-order valence-electron chi connectivity index (χ0n) is 17.7. The molecule has 0 spiro atoms. The zero-order valence-corrected chi connectivity index (χ0v) is 17.7. The first-order chi connectivity index (χ1) is 14.6. The summed E-state index contributed by atoms with van der Waals surface area (Å²) >= 11 is 0. The second-order valence-electron chi connectivity index (χ2n) is 9.29. The molecule has 2 saturated heterocycles. The van der Waals surface area contributed by atoms with E-state index in [9.17, 15) is 4.79 Å². The largest absolute Gasteiger partial charge is 0.465 e. The highest BCUT2D eigenvalue weighted by atomic mass is 16.3. The van der Waals surface area contributed by atoms with Crippen LogP contribution in [0, 0.1) is 24.2 Å². The number of carbonyl (C=O) groups is 1. The van der Waals surface area contributed by atoms with Gasteiger partial charge in [0.2, 0.25) is 11.9 Å². The average Bonchev–Trinajstić information content (AvgIpc) is 3.43. The topological polar surface area (TPSA) is 74.5 Å². The minimum Gasteiger partial charge on any atom is -0.465 e. The number of hydrogen-bond acceptors (Lipinski definition) is 6. The molecule has 7 nitrogen and oxygen atoms in total. The van der Waals surface area contributed by atoms with Gasteiger partial charge in [-0.25, -0.2) is 9.97 Å². The number of amides is 1. The van der Waals surface area contributed by atoms with Gasteiger partial charge in [0.1, 0.15) is 11.5 Å². The van der Waals surface area contributed by atoms with Crippen LogP contribution in [-0.2, 0) is 11.3 Å². The smallest absolute Gasteiger partial charge is 0.228 e. The predicted octanol–water partition coefficient (Wildman–Crippen LogP) is 2.62. The molecule has 2 aromatic rings. The molecule has 1 saturated carbocycles. The minimum absolute atomic E-state index is 0.230. The molecule has 3 fully saturated rings. The second-order valence-corrected chi connectivity index (χ2v) is 9.29. The first-order valence-electron chi connectivity index (χ1n) is 11.2. The number of aromatic nitrogens is 2. The highest BCUT2D eigenvalue weighted by molar-refractivity contribution is 5.84. The predicted molar refractivity (Wildman–Crippen MR) is 114 cm³/mol. The minimum atomic E-state index is -0.373. The molecule has 7 heteroatoms. The molecule has 0 radical (unpaired) electrons. The lowest BCUT2D eigenvalue weighted by Gasteiger charge is -2.32. The Bertz CT molecular complexity index is 881. The van der Waals surface area contributed by atoms with E-state index in [-0.39, 0.29) is 17.2 Å². The summed E-state index contributed by atoms with van der Waals surface area (Å²) in [5.41, 5.74) is -0.373. The van der Waals surface area contributed by atoms with Crippen molar-refractivity contribution in [2.24, 2.45) is 17.3 Å². The lowest BCUT2D eigenvalue weighted by Crippen LogP contribution is -2.48. The van der Waals surface area contributed by atoms with Crippen molar-refractivity contribution >= 4 is 11.9 Å². The normalized spacial score (nSPS) is 27.0. The van der Waals surface area contributed by atoms with Crippen molar-refractivity contribution in [2.75, 3.05) is 37.6 Å². The van der Waals surface area contributed by atoms with Crippen molar-refractivity contribution in [2.45, 2.75) is 39.2 Å². The molecule has 0 bridgehead atoms. The number of fused-ring (bicyclic) bond motifs is 1. The van der Waals surface area contributed by atoms with Gasteiger partial charge in [-0.1, -0.05) is 0 Å². The highest BCUT2D eigenvalue weighted by Gasteiger charge is 2.53. The van der Waals surface area contributed by atoms with E-state index in [2.05, 4.69) is 31.2 Å². The number of nitrogens with one attached hydrogen (secondary N) is 1. The van der Waals surface area contributed by atoms with Crippen LogP contribution in [0.4, 0.5) is 5.95 Å². The summed E-state index contributed by atoms with van der Waals surface area (Å²) in [4.78, 5) is 27.1. The summed E-state index contributed by atoms with van der Waals surface area (Å²) in [6.45, 7) is 7.00. The molecule has 160 valence electrons. The number of aryl methyl sites for hydroxylation is 1. The lowest BCUT2D eigenvalue weighted by atomic mass is 9.74. The fourth-order valence-corrected chi connectivity index (χ4v) is 5.16. The monoisotopic (exact) mass is 409 g/mol. The first-order valence-corrected chi connectivity index (χ1v) is 11.2. The van der Waals surface area contributed by atoms with Crippen LogP contribution in [0.5, 0.6) is 0 Å².